The zero-order valence-corrected chi connectivity index (χ0v) is 14.3. The minimum absolute atomic E-state index is 0.282. The Kier molecular flexibility index (Phi) is 8.62. The van der Waals surface area contributed by atoms with Crippen molar-refractivity contribution < 1.29 is 9.47 Å². The average molecular weight is 358 g/mol. The number of benzene rings is 1. The van der Waals surface area contributed by atoms with Crippen LogP contribution in [0.15, 0.2) is 24.3 Å². The maximum absolute atomic E-state index is 8.77. The van der Waals surface area contributed by atoms with E-state index in [0.717, 1.165) is 9.80 Å². The van der Waals surface area contributed by atoms with Crippen LogP contribution in [0.5, 0.6) is 11.5 Å². The first kappa shape index (κ1) is 20.4. The van der Waals surface area contributed by atoms with Crippen molar-refractivity contribution in [2.45, 2.75) is 12.8 Å². The van der Waals surface area contributed by atoms with Crippen LogP contribution in [0, 0.1) is 33.7 Å². The molecule has 0 fully saturated rings. The second-order valence-corrected chi connectivity index (χ2v) is 5.15. The third-order valence-corrected chi connectivity index (χ3v) is 3.24. The first-order chi connectivity index (χ1) is 12.5. The van der Waals surface area contributed by atoms with Crippen molar-refractivity contribution in [1.29, 1.82) is 21.3 Å². The van der Waals surface area contributed by atoms with Gasteiger partial charge in [-0.2, -0.15) is 10.5 Å². The molecule has 0 aliphatic carbocycles. The van der Waals surface area contributed by atoms with E-state index in [1.165, 1.54) is 0 Å². The minimum atomic E-state index is -0.282. The van der Waals surface area contributed by atoms with Gasteiger partial charge in [0, 0.05) is 25.9 Å². The fraction of sp³-hybridized carbons (Fsp3) is 0.375. The van der Waals surface area contributed by atoms with E-state index in [-0.39, 0.29) is 11.9 Å². The van der Waals surface area contributed by atoms with Gasteiger partial charge in [0.25, 0.3) is 0 Å². The molecule has 0 unspecified atom stereocenters. The molecule has 0 bridgehead atoms. The molecule has 0 saturated heterocycles. The highest BCUT2D eigenvalue weighted by Crippen LogP contribution is 2.18. The number of nitrogens with one attached hydrogen (secondary N) is 2. The molecule has 1 rings (SSSR count). The van der Waals surface area contributed by atoms with Crippen molar-refractivity contribution in [2.24, 2.45) is 11.5 Å². The van der Waals surface area contributed by atoms with E-state index in [4.69, 9.17) is 42.3 Å². The Labute approximate surface area is 152 Å². The monoisotopic (exact) mass is 358 g/mol. The number of ether oxygens (including phenoxy) is 2. The Hall–Kier alpha value is -3.66. The third-order valence-electron chi connectivity index (χ3n) is 3.24. The smallest absolute Gasteiger partial charge is 0.201 e. The number of nitriles is 2. The van der Waals surface area contributed by atoms with Crippen LogP contribution < -0.4 is 20.9 Å². The van der Waals surface area contributed by atoms with Crippen LogP contribution in [-0.2, 0) is 0 Å². The second-order valence-electron chi connectivity index (χ2n) is 5.15. The van der Waals surface area contributed by atoms with Crippen molar-refractivity contribution >= 4 is 11.9 Å². The van der Waals surface area contributed by atoms with Crippen LogP contribution in [0.3, 0.4) is 0 Å². The maximum atomic E-state index is 8.77. The molecule has 6 N–H and O–H groups in total. The molecule has 0 radical (unpaired) electrons. The summed E-state index contributed by atoms with van der Waals surface area (Å²) in [7, 11) is 0. The predicted octanol–water partition coefficient (Wildman–Crippen LogP) is 0.578. The molecule has 0 aromatic heterocycles. The van der Waals surface area contributed by atoms with Gasteiger partial charge in [0.05, 0.1) is 13.2 Å². The molecule has 10 nitrogen and oxygen atoms in total. The van der Waals surface area contributed by atoms with Crippen LogP contribution in [0.1, 0.15) is 12.8 Å². The van der Waals surface area contributed by atoms with Crippen LogP contribution >= 0.6 is 0 Å². The van der Waals surface area contributed by atoms with E-state index >= 15 is 0 Å². The highest BCUT2D eigenvalue weighted by atomic mass is 16.5. The lowest BCUT2D eigenvalue weighted by molar-refractivity contribution is 0.292. The minimum Gasteiger partial charge on any atom is -0.494 e. The van der Waals surface area contributed by atoms with E-state index in [9.17, 15) is 0 Å². The van der Waals surface area contributed by atoms with Crippen molar-refractivity contribution in [3.63, 3.8) is 0 Å². The summed E-state index contributed by atoms with van der Waals surface area (Å²) in [5, 5.41) is 31.9. The third kappa shape index (κ3) is 7.27. The standard InChI is InChI=1S/C16H22N8O2/c17-11-23(15(19)20)7-1-9-25-13-3-5-14(6-4-13)26-10-2-8-24(12-18)16(21)22/h3-6H,1-2,7-10H2,(H3,19,20)(H3,21,22). The molecule has 0 spiro atoms. The lowest BCUT2D eigenvalue weighted by atomic mass is 10.3. The highest BCUT2D eigenvalue weighted by molar-refractivity contribution is 5.76. The van der Waals surface area contributed by atoms with Gasteiger partial charge in [0.2, 0.25) is 11.9 Å². The SMILES string of the molecule is N#CN(CCCOc1ccc(OCCCN(C#N)C(=N)N)cc1)C(=N)N. The summed E-state index contributed by atoms with van der Waals surface area (Å²) in [6, 6.07) is 7.05. The predicted molar refractivity (Wildman–Crippen MR) is 95.1 cm³/mol. The molecule has 0 amide bonds. The topological polar surface area (TPSA) is 172 Å². The van der Waals surface area contributed by atoms with Crippen molar-refractivity contribution in [1.82, 2.24) is 9.80 Å². The molecule has 0 saturated carbocycles. The van der Waals surface area contributed by atoms with Crippen LogP contribution in [0.4, 0.5) is 0 Å². The highest BCUT2D eigenvalue weighted by Gasteiger charge is 2.05. The van der Waals surface area contributed by atoms with Gasteiger partial charge in [-0.3, -0.25) is 10.8 Å². The van der Waals surface area contributed by atoms with Gasteiger partial charge in [-0.25, -0.2) is 9.80 Å². The van der Waals surface area contributed by atoms with E-state index in [1.54, 1.807) is 24.3 Å². The summed E-state index contributed by atoms with van der Waals surface area (Å²) in [6.07, 6.45) is 4.75. The largest absolute Gasteiger partial charge is 0.494 e. The molecule has 0 aliphatic rings. The molecule has 0 heterocycles. The van der Waals surface area contributed by atoms with E-state index in [0.29, 0.717) is 50.6 Å². The van der Waals surface area contributed by atoms with Crippen LogP contribution in [0.2, 0.25) is 0 Å². The van der Waals surface area contributed by atoms with Gasteiger partial charge >= 0.3 is 0 Å². The zero-order chi connectivity index (χ0) is 19.4. The van der Waals surface area contributed by atoms with E-state index in [1.807, 2.05) is 12.4 Å². The van der Waals surface area contributed by atoms with Gasteiger partial charge in [-0.1, -0.05) is 0 Å². The molecular weight excluding hydrogens is 336 g/mol. The second kappa shape index (κ2) is 11.0. The molecule has 26 heavy (non-hydrogen) atoms. The fourth-order valence-corrected chi connectivity index (χ4v) is 1.91. The van der Waals surface area contributed by atoms with Crippen LogP contribution in [-0.4, -0.2) is 48.0 Å². The van der Waals surface area contributed by atoms with E-state index in [2.05, 4.69) is 0 Å². The Balaban J connectivity index is 2.27. The number of rotatable bonds is 10. The Morgan fingerprint density at radius 1 is 0.846 bits per heavy atom. The number of hydrogen-bond donors (Lipinski definition) is 4. The number of nitrogens with two attached hydrogens (primary N) is 2. The van der Waals surface area contributed by atoms with Gasteiger partial charge in [-0.05, 0) is 24.3 Å². The molecular formula is C16H22N8O2. The summed E-state index contributed by atoms with van der Waals surface area (Å²) in [5.74, 6) is 0.761. The van der Waals surface area contributed by atoms with Crippen molar-refractivity contribution in [3.05, 3.63) is 24.3 Å². The Morgan fingerprint density at radius 2 is 1.19 bits per heavy atom. The van der Waals surface area contributed by atoms with Crippen molar-refractivity contribution in [3.8, 4) is 23.9 Å². The zero-order valence-electron chi connectivity index (χ0n) is 14.3. The first-order valence-corrected chi connectivity index (χ1v) is 7.86. The summed E-state index contributed by atoms with van der Waals surface area (Å²) in [4.78, 5) is 2.17. The fourth-order valence-electron chi connectivity index (χ4n) is 1.91. The molecule has 0 atom stereocenters. The normalized spacial score (nSPS) is 9.46. The summed E-state index contributed by atoms with van der Waals surface area (Å²) < 4.78 is 11.1. The van der Waals surface area contributed by atoms with Gasteiger partial charge < -0.3 is 20.9 Å². The number of nitrogens with zero attached hydrogens (tertiary/aromatic N) is 4. The maximum Gasteiger partial charge on any atom is 0.201 e. The summed E-state index contributed by atoms with van der Waals surface area (Å²) in [6.45, 7) is 1.43. The van der Waals surface area contributed by atoms with E-state index < -0.39 is 0 Å². The number of hydrogen-bond acceptors (Lipinski definition) is 6. The van der Waals surface area contributed by atoms with Crippen LogP contribution in [0.25, 0.3) is 0 Å². The van der Waals surface area contributed by atoms with Gasteiger partial charge in [0.1, 0.15) is 11.5 Å². The van der Waals surface area contributed by atoms with Crippen molar-refractivity contribution in [2.75, 3.05) is 26.3 Å². The quantitative estimate of drug-likeness (QED) is 0.154. The first-order valence-electron chi connectivity index (χ1n) is 7.86. The Morgan fingerprint density at radius 3 is 1.46 bits per heavy atom. The van der Waals surface area contributed by atoms with Gasteiger partial charge in [0.15, 0.2) is 12.4 Å². The summed E-state index contributed by atoms with van der Waals surface area (Å²) in [5.41, 5.74) is 10.5. The molecule has 10 heteroatoms. The molecule has 0 aliphatic heterocycles. The molecule has 1 aromatic carbocycles. The Bertz CT molecular complexity index is 618. The number of guanidine groups is 2. The molecule has 138 valence electrons. The molecule has 1 aromatic rings. The lowest BCUT2D eigenvalue weighted by Crippen LogP contribution is -2.33. The summed E-state index contributed by atoms with van der Waals surface area (Å²) >= 11 is 0. The lowest BCUT2D eigenvalue weighted by Gasteiger charge is -2.14. The average Bonchev–Trinajstić information content (AvgIpc) is 2.62. The van der Waals surface area contributed by atoms with Gasteiger partial charge in [-0.15, -0.1) is 0 Å².